The van der Waals surface area contributed by atoms with Crippen LogP contribution in [0.5, 0.6) is 5.75 Å². The van der Waals surface area contributed by atoms with E-state index in [2.05, 4.69) is 80.1 Å². The van der Waals surface area contributed by atoms with E-state index in [4.69, 9.17) is 4.74 Å². The minimum atomic E-state index is -0.630. The number of urea groups is 1. The number of benzene rings is 4. The van der Waals surface area contributed by atoms with Crippen LogP contribution in [0.2, 0.25) is 0 Å². The highest BCUT2D eigenvalue weighted by Crippen LogP contribution is 2.31. The van der Waals surface area contributed by atoms with Gasteiger partial charge in [-0.2, -0.15) is 0 Å². The molecule has 0 radical (unpaired) electrons. The zero-order chi connectivity index (χ0) is 28.2. The van der Waals surface area contributed by atoms with Gasteiger partial charge in [0.1, 0.15) is 24.6 Å². The number of amides is 4. The van der Waals surface area contributed by atoms with E-state index in [9.17, 15) is 14.4 Å². The average Bonchev–Trinajstić information content (AvgIpc) is 3.20. The number of carbonyl (C=O) groups excluding carboxylic acids is 3. The number of aryl methyl sites for hydroxylation is 1. The minimum Gasteiger partial charge on any atom is -0.487 e. The number of carbonyl (C=O) groups is 3. The Balaban J connectivity index is 1.28. The van der Waals surface area contributed by atoms with Crippen molar-refractivity contribution < 1.29 is 19.1 Å². The molecule has 0 unspecified atom stereocenters. The maximum absolute atomic E-state index is 13.0. The zero-order valence-electron chi connectivity index (χ0n) is 21.5. The SMILES string of the molecule is CCc1ccccc1NC(=O)CN1C(=O)N/C(=C/c2cc(I)c(OCc3cccc4ccccc34)c(I)c2)C1=O. The number of imide groups is 1. The first kappa shape index (κ1) is 28.1. The van der Waals surface area contributed by atoms with Crippen LogP contribution in [0, 0.1) is 7.14 Å². The number of halogens is 2. The van der Waals surface area contributed by atoms with E-state index in [1.807, 2.05) is 55.5 Å². The summed E-state index contributed by atoms with van der Waals surface area (Å²) in [5.74, 6) is -0.239. The van der Waals surface area contributed by atoms with Gasteiger partial charge in [0.25, 0.3) is 5.91 Å². The van der Waals surface area contributed by atoms with Gasteiger partial charge in [-0.1, -0.05) is 67.6 Å². The number of para-hydroxylation sites is 1. The summed E-state index contributed by atoms with van der Waals surface area (Å²) in [6.07, 6.45) is 2.36. The molecule has 5 rings (SSSR count). The van der Waals surface area contributed by atoms with Crippen LogP contribution in [-0.4, -0.2) is 29.3 Å². The molecule has 202 valence electrons. The summed E-state index contributed by atoms with van der Waals surface area (Å²) in [6, 6.07) is 25.0. The highest BCUT2D eigenvalue weighted by Gasteiger charge is 2.35. The fourth-order valence-corrected chi connectivity index (χ4v) is 6.66. The Hall–Kier alpha value is -3.45. The zero-order valence-corrected chi connectivity index (χ0v) is 25.9. The molecule has 4 aromatic rings. The molecule has 40 heavy (non-hydrogen) atoms. The van der Waals surface area contributed by atoms with Gasteiger partial charge in [-0.3, -0.25) is 9.59 Å². The number of anilines is 1. The molecular weight excluding hydrogens is 732 g/mol. The van der Waals surface area contributed by atoms with Crippen molar-refractivity contribution in [3.05, 3.63) is 108 Å². The van der Waals surface area contributed by atoms with Crippen molar-refractivity contribution in [3.8, 4) is 5.75 Å². The van der Waals surface area contributed by atoms with Crippen LogP contribution < -0.4 is 15.4 Å². The minimum absolute atomic E-state index is 0.114. The molecule has 1 aliphatic rings. The van der Waals surface area contributed by atoms with E-state index < -0.39 is 17.8 Å². The molecule has 0 bridgehead atoms. The van der Waals surface area contributed by atoms with Gasteiger partial charge in [-0.25, -0.2) is 9.69 Å². The number of rotatable bonds is 8. The van der Waals surface area contributed by atoms with Gasteiger partial charge in [0.2, 0.25) is 5.91 Å². The summed E-state index contributed by atoms with van der Waals surface area (Å²) in [6.45, 7) is 2.03. The second kappa shape index (κ2) is 12.4. The van der Waals surface area contributed by atoms with Crippen LogP contribution in [0.4, 0.5) is 10.5 Å². The van der Waals surface area contributed by atoms with Crippen molar-refractivity contribution in [2.45, 2.75) is 20.0 Å². The van der Waals surface area contributed by atoms with E-state index in [0.717, 1.165) is 51.7 Å². The molecular formula is C31H25I2N3O4. The molecule has 4 aromatic carbocycles. The van der Waals surface area contributed by atoms with Crippen molar-refractivity contribution >= 4 is 85.6 Å². The van der Waals surface area contributed by atoms with E-state index in [1.54, 1.807) is 12.1 Å². The number of fused-ring (bicyclic) bond motifs is 1. The van der Waals surface area contributed by atoms with Gasteiger partial charge in [-0.05, 0) is 103 Å². The van der Waals surface area contributed by atoms with E-state index in [0.29, 0.717) is 12.3 Å². The average molecular weight is 757 g/mol. The number of hydrogen-bond donors (Lipinski definition) is 2. The lowest BCUT2D eigenvalue weighted by atomic mass is 10.1. The van der Waals surface area contributed by atoms with Gasteiger partial charge in [0.05, 0.1) is 7.14 Å². The highest BCUT2D eigenvalue weighted by molar-refractivity contribution is 14.1. The quantitative estimate of drug-likeness (QED) is 0.119. The monoisotopic (exact) mass is 757 g/mol. The molecule has 2 N–H and O–H groups in total. The summed E-state index contributed by atoms with van der Waals surface area (Å²) < 4.78 is 7.97. The van der Waals surface area contributed by atoms with Crippen LogP contribution in [0.15, 0.2) is 84.6 Å². The van der Waals surface area contributed by atoms with Gasteiger partial charge < -0.3 is 15.4 Å². The van der Waals surface area contributed by atoms with Crippen LogP contribution in [0.25, 0.3) is 16.8 Å². The second-order valence-electron chi connectivity index (χ2n) is 9.18. The molecule has 7 nitrogen and oxygen atoms in total. The topological polar surface area (TPSA) is 87.7 Å². The molecule has 0 saturated carbocycles. The Bertz CT molecular complexity index is 1640. The van der Waals surface area contributed by atoms with Crippen LogP contribution in [0.3, 0.4) is 0 Å². The predicted octanol–water partition coefficient (Wildman–Crippen LogP) is 6.72. The summed E-state index contributed by atoms with van der Waals surface area (Å²) in [7, 11) is 0. The lowest BCUT2D eigenvalue weighted by Crippen LogP contribution is -2.38. The van der Waals surface area contributed by atoms with Crippen molar-refractivity contribution in [2.24, 2.45) is 0 Å². The maximum Gasteiger partial charge on any atom is 0.329 e. The first-order chi connectivity index (χ1) is 19.3. The van der Waals surface area contributed by atoms with Gasteiger partial charge in [0, 0.05) is 5.69 Å². The van der Waals surface area contributed by atoms with Gasteiger partial charge in [0.15, 0.2) is 0 Å². The largest absolute Gasteiger partial charge is 0.487 e. The number of nitrogens with one attached hydrogen (secondary N) is 2. The van der Waals surface area contributed by atoms with Crippen molar-refractivity contribution in [2.75, 3.05) is 11.9 Å². The Kier molecular flexibility index (Phi) is 8.69. The number of hydrogen-bond acceptors (Lipinski definition) is 4. The van der Waals surface area contributed by atoms with E-state index in [-0.39, 0.29) is 12.2 Å². The molecule has 1 saturated heterocycles. The predicted molar refractivity (Wildman–Crippen MR) is 173 cm³/mol. The summed E-state index contributed by atoms with van der Waals surface area (Å²) in [5.41, 5.74) is 3.59. The standard InChI is InChI=1S/C31H25I2N3O4/c1-2-20-8-4-6-13-26(20)34-28(37)17-36-30(38)27(35-31(36)39)16-19-14-24(32)29(25(33)15-19)40-18-22-11-7-10-21-9-3-5-12-23(21)22/h3-16H,2,17-18H2,1H3,(H,34,37)(H,35,39)/b27-16+. The summed E-state index contributed by atoms with van der Waals surface area (Å²) in [5, 5.41) is 7.71. The summed E-state index contributed by atoms with van der Waals surface area (Å²) in [4.78, 5) is 39.1. The lowest BCUT2D eigenvalue weighted by Gasteiger charge is -2.14. The molecule has 0 spiro atoms. The first-order valence-corrected chi connectivity index (χ1v) is 14.8. The third kappa shape index (κ3) is 6.15. The Morgan fingerprint density at radius 3 is 2.40 bits per heavy atom. The molecule has 0 aromatic heterocycles. The van der Waals surface area contributed by atoms with E-state index in [1.165, 1.54) is 0 Å². The molecule has 9 heteroatoms. The fourth-order valence-electron chi connectivity index (χ4n) is 4.53. The van der Waals surface area contributed by atoms with Crippen molar-refractivity contribution in [3.63, 3.8) is 0 Å². The number of ether oxygens (including phenoxy) is 1. The van der Waals surface area contributed by atoms with Crippen molar-refractivity contribution in [1.29, 1.82) is 0 Å². The molecule has 4 amide bonds. The molecule has 1 heterocycles. The summed E-state index contributed by atoms with van der Waals surface area (Å²) >= 11 is 4.42. The molecule has 0 atom stereocenters. The maximum atomic E-state index is 13.0. The highest BCUT2D eigenvalue weighted by atomic mass is 127. The van der Waals surface area contributed by atoms with E-state index >= 15 is 0 Å². The smallest absolute Gasteiger partial charge is 0.329 e. The van der Waals surface area contributed by atoms with Crippen molar-refractivity contribution in [1.82, 2.24) is 10.2 Å². The first-order valence-electron chi connectivity index (χ1n) is 12.6. The second-order valence-corrected chi connectivity index (χ2v) is 11.5. The Labute approximate surface area is 259 Å². The third-order valence-electron chi connectivity index (χ3n) is 6.52. The number of nitrogens with zero attached hydrogens (tertiary/aromatic N) is 1. The molecule has 1 aliphatic heterocycles. The van der Waals surface area contributed by atoms with Gasteiger partial charge >= 0.3 is 6.03 Å². The van der Waals surface area contributed by atoms with Crippen LogP contribution >= 0.6 is 45.2 Å². The molecule has 0 aliphatic carbocycles. The normalized spacial score (nSPS) is 14.1. The Morgan fingerprint density at radius 2 is 1.62 bits per heavy atom. The fraction of sp³-hybridized carbons (Fsp3) is 0.129. The molecule has 1 fully saturated rings. The Morgan fingerprint density at radius 1 is 0.950 bits per heavy atom. The van der Waals surface area contributed by atoms with Gasteiger partial charge in [-0.15, -0.1) is 0 Å². The van der Waals surface area contributed by atoms with Crippen LogP contribution in [0.1, 0.15) is 23.6 Å². The van der Waals surface area contributed by atoms with Crippen LogP contribution in [-0.2, 0) is 22.6 Å². The lowest BCUT2D eigenvalue weighted by molar-refractivity contribution is -0.127. The third-order valence-corrected chi connectivity index (χ3v) is 8.12.